The SMILES string of the molecule is FC(F)Oc1ccc2c(c1)NCC21CC1. The molecule has 1 aromatic carbocycles. The molecule has 1 N–H and O–H groups in total. The highest BCUT2D eigenvalue weighted by Crippen LogP contribution is 2.54. The van der Waals surface area contributed by atoms with Gasteiger partial charge < -0.3 is 10.1 Å². The van der Waals surface area contributed by atoms with Crippen LogP contribution in [0, 0.1) is 0 Å². The molecule has 0 aromatic heterocycles. The van der Waals surface area contributed by atoms with E-state index in [1.807, 2.05) is 6.07 Å². The zero-order chi connectivity index (χ0) is 10.5. The van der Waals surface area contributed by atoms with Crippen molar-refractivity contribution in [2.75, 3.05) is 11.9 Å². The molecule has 1 fully saturated rings. The predicted molar refractivity (Wildman–Crippen MR) is 52.5 cm³/mol. The van der Waals surface area contributed by atoms with Gasteiger partial charge in [0.15, 0.2) is 0 Å². The Hall–Kier alpha value is -1.32. The van der Waals surface area contributed by atoms with Crippen molar-refractivity contribution < 1.29 is 13.5 Å². The standard InChI is InChI=1S/C11H11F2NO/c12-10(13)15-7-1-2-8-9(5-7)14-6-11(8)3-4-11/h1-2,5,10,14H,3-4,6H2. The first-order chi connectivity index (χ1) is 7.20. The molecule has 15 heavy (non-hydrogen) atoms. The van der Waals surface area contributed by atoms with E-state index in [9.17, 15) is 8.78 Å². The number of halogens is 2. The van der Waals surface area contributed by atoms with Gasteiger partial charge in [-0.05, 0) is 24.5 Å². The Balaban J connectivity index is 1.92. The van der Waals surface area contributed by atoms with Gasteiger partial charge in [-0.2, -0.15) is 8.78 Å². The van der Waals surface area contributed by atoms with E-state index in [-0.39, 0.29) is 5.75 Å². The molecule has 4 heteroatoms. The van der Waals surface area contributed by atoms with E-state index in [1.54, 1.807) is 12.1 Å². The fourth-order valence-electron chi connectivity index (χ4n) is 2.26. The molecule has 1 spiro atoms. The number of alkyl halides is 2. The molecule has 2 aliphatic rings. The minimum Gasteiger partial charge on any atom is -0.435 e. The highest BCUT2D eigenvalue weighted by molar-refractivity contribution is 5.65. The van der Waals surface area contributed by atoms with Gasteiger partial charge in [0.25, 0.3) is 0 Å². The second-order valence-electron chi connectivity index (χ2n) is 4.22. The summed E-state index contributed by atoms with van der Waals surface area (Å²) in [5, 5.41) is 3.24. The van der Waals surface area contributed by atoms with Crippen LogP contribution in [0.15, 0.2) is 18.2 Å². The van der Waals surface area contributed by atoms with Crippen molar-refractivity contribution in [2.45, 2.75) is 24.9 Å². The summed E-state index contributed by atoms with van der Waals surface area (Å²) in [6.07, 6.45) is 2.39. The van der Waals surface area contributed by atoms with Crippen LogP contribution in [0.3, 0.4) is 0 Å². The number of ether oxygens (including phenoxy) is 1. The van der Waals surface area contributed by atoms with E-state index in [2.05, 4.69) is 10.1 Å². The fraction of sp³-hybridized carbons (Fsp3) is 0.455. The third-order valence-corrected chi connectivity index (χ3v) is 3.26. The van der Waals surface area contributed by atoms with Crippen LogP contribution in [-0.2, 0) is 5.41 Å². The molecule has 0 saturated heterocycles. The molecule has 1 aliphatic heterocycles. The van der Waals surface area contributed by atoms with Crippen molar-refractivity contribution in [1.29, 1.82) is 0 Å². The van der Waals surface area contributed by atoms with E-state index >= 15 is 0 Å². The van der Waals surface area contributed by atoms with Crippen LogP contribution in [0.5, 0.6) is 5.75 Å². The normalized spacial score (nSPS) is 20.2. The summed E-state index contributed by atoms with van der Waals surface area (Å²) in [7, 11) is 0. The monoisotopic (exact) mass is 211 g/mol. The lowest BCUT2D eigenvalue weighted by Gasteiger charge is -2.08. The lowest BCUT2D eigenvalue weighted by molar-refractivity contribution is -0.0498. The van der Waals surface area contributed by atoms with Crippen molar-refractivity contribution in [3.8, 4) is 5.75 Å². The van der Waals surface area contributed by atoms with E-state index in [0.717, 1.165) is 12.2 Å². The minimum atomic E-state index is -2.75. The minimum absolute atomic E-state index is 0.231. The Bertz CT molecular complexity index is 402. The van der Waals surface area contributed by atoms with Crippen LogP contribution in [0.4, 0.5) is 14.5 Å². The molecule has 0 bridgehead atoms. The second kappa shape index (κ2) is 2.84. The number of hydrogen-bond donors (Lipinski definition) is 1. The maximum Gasteiger partial charge on any atom is 0.387 e. The Labute approximate surface area is 86.2 Å². The Kier molecular flexibility index (Phi) is 1.69. The molecule has 2 nitrogen and oxygen atoms in total. The fourth-order valence-corrected chi connectivity index (χ4v) is 2.26. The maximum absolute atomic E-state index is 12.0. The Morgan fingerprint density at radius 1 is 1.33 bits per heavy atom. The molecule has 1 heterocycles. The molecular formula is C11H11F2NO. The van der Waals surface area contributed by atoms with Gasteiger partial charge in [0.05, 0.1) is 0 Å². The summed E-state index contributed by atoms with van der Waals surface area (Å²) >= 11 is 0. The van der Waals surface area contributed by atoms with Gasteiger partial charge in [-0.15, -0.1) is 0 Å². The summed E-state index contributed by atoms with van der Waals surface area (Å²) < 4.78 is 28.3. The Morgan fingerprint density at radius 3 is 2.80 bits per heavy atom. The number of rotatable bonds is 2. The van der Waals surface area contributed by atoms with Crippen LogP contribution >= 0.6 is 0 Å². The first kappa shape index (κ1) is 8.95. The number of benzene rings is 1. The number of hydrogen-bond acceptors (Lipinski definition) is 2. The largest absolute Gasteiger partial charge is 0.435 e. The Morgan fingerprint density at radius 2 is 2.13 bits per heavy atom. The van der Waals surface area contributed by atoms with E-state index in [0.29, 0.717) is 5.41 Å². The molecule has 0 amide bonds. The van der Waals surface area contributed by atoms with Crippen LogP contribution in [0.25, 0.3) is 0 Å². The molecular weight excluding hydrogens is 200 g/mol. The van der Waals surface area contributed by atoms with Gasteiger partial charge in [0.2, 0.25) is 0 Å². The van der Waals surface area contributed by atoms with Gasteiger partial charge >= 0.3 is 6.61 Å². The third-order valence-electron chi connectivity index (χ3n) is 3.26. The number of fused-ring (bicyclic) bond motifs is 2. The number of anilines is 1. The molecule has 3 rings (SSSR count). The van der Waals surface area contributed by atoms with Crippen LogP contribution < -0.4 is 10.1 Å². The zero-order valence-corrected chi connectivity index (χ0v) is 8.09. The van der Waals surface area contributed by atoms with Crippen molar-refractivity contribution in [2.24, 2.45) is 0 Å². The number of nitrogens with one attached hydrogen (secondary N) is 1. The van der Waals surface area contributed by atoms with Crippen LogP contribution in [0.2, 0.25) is 0 Å². The van der Waals surface area contributed by atoms with Gasteiger partial charge in [-0.25, -0.2) is 0 Å². The molecule has 0 unspecified atom stereocenters. The summed E-state index contributed by atoms with van der Waals surface area (Å²) in [4.78, 5) is 0. The van der Waals surface area contributed by atoms with Gasteiger partial charge in [-0.3, -0.25) is 0 Å². The zero-order valence-electron chi connectivity index (χ0n) is 8.09. The first-order valence-electron chi connectivity index (χ1n) is 5.03. The van der Waals surface area contributed by atoms with Gasteiger partial charge in [0, 0.05) is 23.7 Å². The topological polar surface area (TPSA) is 21.3 Å². The summed E-state index contributed by atoms with van der Waals surface area (Å²) in [6, 6.07) is 5.19. The highest BCUT2D eigenvalue weighted by atomic mass is 19.3. The summed E-state index contributed by atoms with van der Waals surface area (Å²) in [6.45, 7) is -1.82. The average Bonchev–Trinajstić information content (AvgIpc) is 2.86. The summed E-state index contributed by atoms with van der Waals surface area (Å²) in [5.41, 5.74) is 2.51. The van der Waals surface area contributed by atoms with Crippen molar-refractivity contribution in [1.82, 2.24) is 0 Å². The molecule has 1 saturated carbocycles. The lowest BCUT2D eigenvalue weighted by Crippen LogP contribution is -2.08. The van der Waals surface area contributed by atoms with Crippen molar-refractivity contribution >= 4 is 5.69 Å². The molecule has 1 aliphatic carbocycles. The smallest absolute Gasteiger partial charge is 0.387 e. The average molecular weight is 211 g/mol. The van der Waals surface area contributed by atoms with E-state index in [1.165, 1.54) is 18.4 Å². The second-order valence-corrected chi connectivity index (χ2v) is 4.22. The van der Waals surface area contributed by atoms with Crippen molar-refractivity contribution in [3.63, 3.8) is 0 Å². The van der Waals surface area contributed by atoms with Gasteiger partial charge in [0.1, 0.15) is 5.75 Å². The first-order valence-corrected chi connectivity index (χ1v) is 5.03. The van der Waals surface area contributed by atoms with E-state index < -0.39 is 6.61 Å². The van der Waals surface area contributed by atoms with Crippen molar-refractivity contribution in [3.05, 3.63) is 23.8 Å². The lowest BCUT2D eigenvalue weighted by atomic mass is 9.99. The molecule has 0 atom stereocenters. The predicted octanol–water partition coefficient (Wildman–Crippen LogP) is 2.75. The highest BCUT2D eigenvalue weighted by Gasteiger charge is 2.48. The van der Waals surface area contributed by atoms with Crippen LogP contribution in [-0.4, -0.2) is 13.2 Å². The molecule has 1 aromatic rings. The molecule has 0 radical (unpaired) electrons. The third kappa shape index (κ3) is 1.35. The maximum atomic E-state index is 12.0. The molecule has 80 valence electrons. The van der Waals surface area contributed by atoms with E-state index in [4.69, 9.17) is 0 Å². The van der Waals surface area contributed by atoms with Crippen LogP contribution in [0.1, 0.15) is 18.4 Å². The van der Waals surface area contributed by atoms with Gasteiger partial charge in [-0.1, -0.05) is 6.07 Å². The quantitative estimate of drug-likeness (QED) is 0.812. The summed E-state index contributed by atoms with van der Waals surface area (Å²) in [5.74, 6) is 0.231.